The topological polar surface area (TPSA) is 75.6 Å². The molecule has 9 heteroatoms. The number of anilines is 1. The Hall–Kier alpha value is -2.26. The lowest BCUT2D eigenvalue weighted by Gasteiger charge is -2.31. The highest BCUT2D eigenvalue weighted by Crippen LogP contribution is 2.33. The fourth-order valence-electron chi connectivity index (χ4n) is 3.88. The summed E-state index contributed by atoms with van der Waals surface area (Å²) in [5, 5.41) is 0. The van der Waals surface area contributed by atoms with Gasteiger partial charge in [-0.2, -0.15) is 9.29 Å². The summed E-state index contributed by atoms with van der Waals surface area (Å²) in [7, 11) is -3.33. The van der Waals surface area contributed by atoms with Gasteiger partial charge >= 0.3 is 0 Å². The summed E-state index contributed by atoms with van der Waals surface area (Å²) in [4.78, 5) is 11.6. The summed E-state index contributed by atoms with van der Waals surface area (Å²) in [6.07, 6.45) is 3.90. The number of sulfonamides is 1. The number of aromatic nitrogens is 2. The molecule has 1 saturated heterocycles. The Labute approximate surface area is 176 Å². The molecule has 0 aliphatic carbocycles. The van der Waals surface area contributed by atoms with Crippen LogP contribution in [0.4, 0.5) is 10.3 Å². The molecule has 0 unspecified atom stereocenters. The molecule has 1 aromatic carbocycles. The number of hydrogen-bond acceptors (Lipinski definition) is 6. The number of benzene rings is 1. The van der Waals surface area contributed by atoms with Crippen molar-refractivity contribution in [1.82, 2.24) is 14.3 Å². The van der Waals surface area contributed by atoms with Crippen molar-refractivity contribution in [2.75, 3.05) is 30.3 Å². The number of halogens is 1. The maximum Gasteiger partial charge on any atom is 0.228 e. The van der Waals surface area contributed by atoms with E-state index < -0.39 is 10.0 Å². The number of fused-ring (bicyclic) bond motifs is 1. The lowest BCUT2D eigenvalue weighted by Crippen LogP contribution is -2.38. The monoisotopic (exact) mass is 434 g/mol. The van der Waals surface area contributed by atoms with E-state index in [2.05, 4.69) is 9.88 Å². The Bertz CT molecular complexity index is 1040. The van der Waals surface area contributed by atoms with E-state index in [9.17, 15) is 12.8 Å². The lowest BCUT2D eigenvalue weighted by atomic mass is 10.1. The van der Waals surface area contributed by atoms with Gasteiger partial charge in [0, 0.05) is 32.6 Å². The van der Waals surface area contributed by atoms with Crippen LogP contribution < -0.4 is 9.64 Å². The SMILES string of the molecule is CCS(=O)(=O)N1CCc2nc(N3CCCCC3)nc(Oc3ccc(F)c(C)c3)c2C1. The number of aryl methyl sites for hydroxylation is 1. The van der Waals surface area contributed by atoms with Gasteiger partial charge in [-0.25, -0.2) is 17.8 Å². The van der Waals surface area contributed by atoms with Gasteiger partial charge in [-0.1, -0.05) is 0 Å². The molecule has 0 saturated carbocycles. The molecule has 1 aromatic heterocycles. The van der Waals surface area contributed by atoms with E-state index in [0.29, 0.717) is 41.7 Å². The second-order valence-corrected chi connectivity index (χ2v) is 10.1. The van der Waals surface area contributed by atoms with Gasteiger partial charge in [-0.05, 0) is 56.9 Å². The van der Waals surface area contributed by atoms with Crippen LogP contribution in [0.5, 0.6) is 11.6 Å². The quantitative estimate of drug-likeness (QED) is 0.718. The molecule has 3 heterocycles. The first kappa shape index (κ1) is 21.0. The van der Waals surface area contributed by atoms with Gasteiger partial charge in [-0.3, -0.25) is 0 Å². The van der Waals surface area contributed by atoms with Gasteiger partial charge in [0.25, 0.3) is 0 Å². The van der Waals surface area contributed by atoms with Crippen molar-refractivity contribution in [2.45, 2.75) is 46.1 Å². The normalized spacial score (nSPS) is 17.6. The molecule has 0 N–H and O–H groups in total. The summed E-state index contributed by atoms with van der Waals surface area (Å²) in [6, 6.07) is 4.53. The second kappa shape index (κ2) is 8.47. The minimum atomic E-state index is -3.33. The fraction of sp³-hybridized carbons (Fsp3) is 0.524. The van der Waals surface area contributed by atoms with Crippen LogP contribution >= 0.6 is 0 Å². The van der Waals surface area contributed by atoms with E-state index in [0.717, 1.165) is 31.6 Å². The highest BCUT2D eigenvalue weighted by Gasteiger charge is 2.30. The Morgan fingerprint density at radius 1 is 1.13 bits per heavy atom. The minimum Gasteiger partial charge on any atom is -0.438 e. The van der Waals surface area contributed by atoms with Crippen LogP contribution in [-0.2, 0) is 23.0 Å². The minimum absolute atomic E-state index is 0.0440. The van der Waals surface area contributed by atoms with Crippen LogP contribution in [0.25, 0.3) is 0 Å². The Balaban J connectivity index is 1.73. The van der Waals surface area contributed by atoms with Gasteiger partial charge in [0.05, 0.1) is 17.0 Å². The average Bonchev–Trinajstić information content (AvgIpc) is 2.76. The van der Waals surface area contributed by atoms with Crippen molar-refractivity contribution in [3.05, 3.63) is 40.8 Å². The van der Waals surface area contributed by atoms with Crippen molar-refractivity contribution >= 4 is 16.0 Å². The second-order valence-electron chi connectivity index (χ2n) is 7.80. The molecule has 2 aliphatic rings. The van der Waals surface area contributed by atoms with Crippen molar-refractivity contribution < 1.29 is 17.5 Å². The van der Waals surface area contributed by atoms with Crippen LogP contribution in [0.1, 0.15) is 43.0 Å². The number of hydrogen-bond donors (Lipinski definition) is 0. The lowest BCUT2D eigenvalue weighted by molar-refractivity contribution is 0.369. The molecule has 0 spiro atoms. The van der Waals surface area contributed by atoms with Crippen LogP contribution in [0.15, 0.2) is 18.2 Å². The van der Waals surface area contributed by atoms with Gasteiger partial charge in [0.15, 0.2) is 0 Å². The Morgan fingerprint density at radius 2 is 1.90 bits per heavy atom. The van der Waals surface area contributed by atoms with E-state index in [4.69, 9.17) is 9.72 Å². The number of piperidine rings is 1. The molecule has 2 aliphatic heterocycles. The Morgan fingerprint density at radius 3 is 2.60 bits per heavy atom. The van der Waals surface area contributed by atoms with Gasteiger partial charge in [0.2, 0.25) is 21.9 Å². The average molecular weight is 435 g/mol. The van der Waals surface area contributed by atoms with Crippen molar-refractivity contribution in [1.29, 1.82) is 0 Å². The first-order chi connectivity index (χ1) is 14.4. The maximum absolute atomic E-state index is 13.7. The molecule has 0 atom stereocenters. The van der Waals surface area contributed by atoms with E-state index in [1.807, 2.05) is 0 Å². The zero-order valence-corrected chi connectivity index (χ0v) is 18.2. The third kappa shape index (κ3) is 4.27. The van der Waals surface area contributed by atoms with Crippen molar-refractivity contribution in [3.8, 4) is 11.6 Å². The van der Waals surface area contributed by atoms with E-state index in [1.165, 1.54) is 16.8 Å². The van der Waals surface area contributed by atoms with E-state index >= 15 is 0 Å². The zero-order valence-electron chi connectivity index (χ0n) is 17.4. The molecule has 0 amide bonds. The predicted molar refractivity (Wildman–Crippen MR) is 113 cm³/mol. The Kier molecular flexibility index (Phi) is 5.92. The van der Waals surface area contributed by atoms with Gasteiger partial charge in [-0.15, -0.1) is 0 Å². The third-order valence-electron chi connectivity index (χ3n) is 5.72. The van der Waals surface area contributed by atoms with Crippen LogP contribution in [-0.4, -0.2) is 48.1 Å². The van der Waals surface area contributed by atoms with Crippen LogP contribution in [0, 0.1) is 12.7 Å². The third-order valence-corrected chi connectivity index (χ3v) is 7.54. The van der Waals surface area contributed by atoms with Crippen LogP contribution in [0.3, 0.4) is 0 Å². The summed E-state index contributed by atoms with van der Waals surface area (Å²) in [5.41, 5.74) is 1.98. The number of rotatable bonds is 5. The zero-order chi connectivity index (χ0) is 21.3. The molecule has 2 aromatic rings. The molecule has 162 valence electrons. The molecule has 30 heavy (non-hydrogen) atoms. The number of nitrogens with zero attached hydrogens (tertiary/aromatic N) is 4. The van der Waals surface area contributed by atoms with Crippen LogP contribution in [0.2, 0.25) is 0 Å². The highest BCUT2D eigenvalue weighted by molar-refractivity contribution is 7.89. The molecule has 0 bridgehead atoms. The highest BCUT2D eigenvalue weighted by atomic mass is 32.2. The first-order valence-electron chi connectivity index (χ1n) is 10.4. The van der Waals surface area contributed by atoms with Crippen molar-refractivity contribution in [2.24, 2.45) is 0 Å². The van der Waals surface area contributed by atoms with E-state index in [1.54, 1.807) is 26.0 Å². The van der Waals surface area contributed by atoms with Gasteiger partial charge < -0.3 is 9.64 Å². The number of ether oxygens (including phenoxy) is 1. The van der Waals surface area contributed by atoms with E-state index in [-0.39, 0.29) is 18.1 Å². The smallest absolute Gasteiger partial charge is 0.228 e. The molecule has 7 nitrogen and oxygen atoms in total. The van der Waals surface area contributed by atoms with Crippen molar-refractivity contribution in [3.63, 3.8) is 0 Å². The van der Waals surface area contributed by atoms with Gasteiger partial charge in [0.1, 0.15) is 11.6 Å². The molecule has 1 fully saturated rings. The standard InChI is InChI=1S/C21H27FN4O3S/c1-3-30(27,28)26-12-9-19-17(14-26)20(29-16-7-8-18(22)15(2)13-16)24-21(23-19)25-10-5-4-6-11-25/h7-8,13H,3-6,9-12,14H2,1-2H3. The predicted octanol–water partition coefficient (Wildman–Crippen LogP) is 3.41. The molecule has 4 rings (SSSR count). The summed E-state index contributed by atoms with van der Waals surface area (Å²) < 4.78 is 46.1. The summed E-state index contributed by atoms with van der Waals surface area (Å²) in [5.74, 6) is 1.18. The molecular weight excluding hydrogens is 407 g/mol. The first-order valence-corrected chi connectivity index (χ1v) is 12.0. The fourth-order valence-corrected chi connectivity index (χ4v) is 4.94. The molecule has 0 radical (unpaired) electrons. The molecular formula is C21H27FN4O3S. The maximum atomic E-state index is 13.7. The summed E-state index contributed by atoms with van der Waals surface area (Å²) >= 11 is 0. The largest absolute Gasteiger partial charge is 0.438 e. The summed E-state index contributed by atoms with van der Waals surface area (Å²) in [6.45, 7) is 5.68.